The number of carbonyl (C=O) groups excluding carboxylic acids is 1. The number of nitrogens with zero attached hydrogens (tertiary/aromatic N) is 3. The minimum Gasteiger partial charge on any atom is -0.497 e. The van der Waals surface area contributed by atoms with Gasteiger partial charge in [0.15, 0.2) is 5.13 Å². The van der Waals surface area contributed by atoms with Gasteiger partial charge in [-0.05, 0) is 80.6 Å². The van der Waals surface area contributed by atoms with Crippen molar-refractivity contribution in [3.05, 3.63) is 47.5 Å². The van der Waals surface area contributed by atoms with Crippen molar-refractivity contribution in [3.63, 3.8) is 0 Å². The van der Waals surface area contributed by atoms with E-state index in [-0.39, 0.29) is 18.3 Å². The zero-order valence-corrected chi connectivity index (χ0v) is 23.2. The number of thioether (sulfide) groups is 1. The van der Waals surface area contributed by atoms with Gasteiger partial charge in [0.1, 0.15) is 5.75 Å². The second-order valence-corrected chi connectivity index (χ2v) is 10.3. The quantitative estimate of drug-likeness (QED) is 0.199. The van der Waals surface area contributed by atoms with E-state index in [0.717, 1.165) is 52.9 Å². The molecule has 3 aromatic rings. The van der Waals surface area contributed by atoms with E-state index in [0.29, 0.717) is 13.0 Å². The lowest BCUT2D eigenvalue weighted by Crippen LogP contribution is -2.38. The number of hydrogen-bond donors (Lipinski definition) is 0. The molecular formula is C26H36ClN3O2S2. The van der Waals surface area contributed by atoms with Gasteiger partial charge in [-0.3, -0.25) is 9.69 Å². The van der Waals surface area contributed by atoms with Crippen LogP contribution in [0.25, 0.3) is 10.2 Å². The summed E-state index contributed by atoms with van der Waals surface area (Å²) in [5.41, 5.74) is 3.41. The van der Waals surface area contributed by atoms with E-state index in [9.17, 15) is 4.79 Å². The topological polar surface area (TPSA) is 45.7 Å². The van der Waals surface area contributed by atoms with Crippen molar-refractivity contribution in [2.24, 2.45) is 0 Å². The first-order valence-corrected chi connectivity index (χ1v) is 13.4. The molecule has 0 atom stereocenters. The summed E-state index contributed by atoms with van der Waals surface area (Å²) in [5.74, 6) is 1.92. The van der Waals surface area contributed by atoms with Gasteiger partial charge in [0, 0.05) is 24.4 Å². The highest BCUT2D eigenvalue weighted by Crippen LogP contribution is 2.32. The minimum atomic E-state index is 0. The van der Waals surface area contributed by atoms with Crippen molar-refractivity contribution in [2.75, 3.05) is 43.9 Å². The maximum Gasteiger partial charge on any atom is 0.228 e. The molecule has 0 aliphatic heterocycles. The summed E-state index contributed by atoms with van der Waals surface area (Å²) in [5, 5.41) is 0.818. The van der Waals surface area contributed by atoms with E-state index in [1.165, 1.54) is 16.0 Å². The van der Waals surface area contributed by atoms with Crippen LogP contribution in [0.4, 0.5) is 5.13 Å². The molecule has 0 fully saturated rings. The van der Waals surface area contributed by atoms with E-state index in [1.807, 2.05) is 17.0 Å². The van der Waals surface area contributed by atoms with E-state index in [4.69, 9.17) is 9.72 Å². The van der Waals surface area contributed by atoms with Gasteiger partial charge in [-0.25, -0.2) is 4.98 Å². The van der Waals surface area contributed by atoms with Crippen LogP contribution < -0.4 is 9.64 Å². The van der Waals surface area contributed by atoms with Crippen LogP contribution >= 0.6 is 35.5 Å². The molecule has 0 radical (unpaired) electrons. The maximum atomic E-state index is 13.3. The molecule has 186 valence electrons. The predicted octanol–water partition coefficient (Wildman–Crippen LogP) is 6.59. The first kappa shape index (κ1) is 28.4. The summed E-state index contributed by atoms with van der Waals surface area (Å²) in [7, 11) is 1.67. The molecule has 1 amide bonds. The SMILES string of the molecule is CCN(CC)CCN(C(=O)CCCSc1ccc(OC)cc1)c1nc2c(C)cc(C)cc2s1.Cl. The Bertz CT molecular complexity index is 1050. The molecule has 0 spiro atoms. The van der Waals surface area contributed by atoms with Crippen LogP contribution in [0.5, 0.6) is 5.75 Å². The fourth-order valence-electron chi connectivity index (χ4n) is 3.80. The number of amides is 1. The predicted molar refractivity (Wildman–Crippen MR) is 149 cm³/mol. The summed E-state index contributed by atoms with van der Waals surface area (Å²) in [6, 6.07) is 12.4. The second-order valence-electron chi connectivity index (χ2n) is 8.12. The number of benzene rings is 2. The zero-order valence-electron chi connectivity index (χ0n) is 20.8. The number of likely N-dealkylation sites (N-methyl/N-ethyl adjacent to an activating group) is 1. The Morgan fingerprint density at radius 2 is 1.79 bits per heavy atom. The third kappa shape index (κ3) is 7.60. The number of thiazole rings is 1. The van der Waals surface area contributed by atoms with Gasteiger partial charge in [0.25, 0.3) is 0 Å². The number of rotatable bonds is 12. The van der Waals surface area contributed by atoms with Gasteiger partial charge in [0.2, 0.25) is 5.91 Å². The van der Waals surface area contributed by atoms with Gasteiger partial charge in [0.05, 0.1) is 17.3 Å². The van der Waals surface area contributed by atoms with Gasteiger partial charge in [-0.15, -0.1) is 24.2 Å². The van der Waals surface area contributed by atoms with Crippen molar-refractivity contribution < 1.29 is 9.53 Å². The molecule has 0 bridgehead atoms. The molecule has 0 saturated heterocycles. The monoisotopic (exact) mass is 521 g/mol. The van der Waals surface area contributed by atoms with Crippen LogP contribution in [0.2, 0.25) is 0 Å². The molecule has 0 N–H and O–H groups in total. The van der Waals surface area contributed by atoms with Crippen molar-refractivity contribution in [1.82, 2.24) is 9.88 Å². The molecule has 34 heavy (non-hydrogen) atoms. The number of aromatic nitrogens is 1. The van der Waals surface area contributed by atoms with Crippen molar-refractivity contribution >= 4 is 56.8 Å². The molecule has 0 saturated carbocycles. The van der Waals surface area contributed by atoms with Crippen molar-refractivity contribution in [2.45, 2.75) is 45.4 Å². The van der Waals surface area contributed by atoms with Crippen LogP contribution in [0.15, 0.2) is 41.3 Å². The molecule has 0 unspecified atom stereocenters. The Morgan fingerprint density at radius 1 is 1.09 bits per heavy atom. The summed E-state index contributed by atoms with van der Waals surface area (Å²) < 4.78 is 6.37. The van der Waals surface area contributed by atoms with Crippen LogP contribution in [0.1, 0.15) is 37.8 Å². The Hall–Kier alpha value is -1.80. The average Bonchev–Trinajstić information content (AvgIpc) is 3.24. The normalized spacial score (nSPS) is 11.0. The summed E-state index contributed by atoms with van der Waals surface area (Å²) in [6.07, 6.45) is 1.36. The molecule has 1 heterocycles. The highest BCUT2D eigenvalue weighted by Gasteiger charge is 2.21. The number of methoxy groups -OCH3 is 1. The molecule has 2 aromatic carbocycles. The minimum absolute atomic E-state index is 0. The standard InChI is InChI=1S/C26H35N3O2S2.ClH/c1-6-28(7-2)14-15-29(26-27-25-20(4)17-19(3)18-23(25)33-26)24(30)9-8-16-32-22-12-10-21(31-5)11-13-22;/h10-13,17-18H,6-9,14-16H2,1-5H3;1H. The van der Waals surface area contributed by atoms with Crippen LogP contribution in [-0.4, -0.2) is 54.8 Å². The molecule has 5 nitrogen and oxygen atoms in total. The average molecular weight is 522 g/mol. The van der Waals surface area contributed by atoms with Crippen LogP contribution in [-0.2, 0) is 4.79 Å². The fraction of sp³-hybridized carbons (Fsp3) is 0.462. The lowest BCUT2D eigenvalue weighted by atomic mass is 10.1. The Balaban J connectivity index is 0.00000408. The number of ether oxygens (including phenoxy) is 1. The Morgan fingerprint density at radius 3 is 2.44 bits per heavy atom. The van der Waals surface area contributed by atoms with Gasteiger partial charge >= 0.3 is 0 Å². The van der Waals surface area contributed by atoms with E-state index in [2.05, 4.69) is 56.9 Å². The molecular weight excluding hydrogens is 486 g/mol. The van der Waals surface area contributed by atoms with Gasteiger partial charge in [-0.2, -0.15) is 0 Å². The third-order valence-corrected chi connectivity index (χ3v) is 7.87. The van der Waals surface area contributed by atoms with E-state index < -0.39 is 0 Å². The zero-order chi connectivity index (χ0) is 23.8. The number of aryl methyl sites for hydroxylation is 2. The third-order valence-electron chi connectivity index (χ3n) is 5.75. The van der Waals surface area contributed by atoms with E-state index >= 15 is 0 Å². The number of halogens is 1. The first-order chi connectivity index (χ1) is 15.9. The molecule has 0 aliphatic carbocycles. The summed E-state index contributed by atoms with van der Waals surface area (Å²) >= 11 is 3.40. The molecule has 3 rings (SSSR count). The van der Waals surface area contributed by atoms with E-state index in [1.54, 1.807) is 30.2 Å². The summed E-state index contributed by atoms with van der Waals surface area (Å²) in [6.45, 7) is 12.0. The van der Waals surface area contributed by atoms with Crippen molar-refractivity contribution in [1.29, 1.82) is 0 Å². The Kier molecular flexibility index (Phi) is 11.6. The highest BCUT2D eigenvalue weighted by atomic mass is 35.5. The molecule has 8 heteroatoms. The number of fused-ring (bicyclic) bond motifs is 1. The molecule has 0 aliphatic rings. The van der Waals surface area contributed by atoms with Gasteiger partial charge < -0.3 is 9.64 Å². The largest absolute Gasteiger partial charge is 0.497 e. The summed E-state index contributed by atoms with van der Waals surface area (Å²) in [4.78, 5) is 23.6. The Labute approximate surface area is 218 Å². The maximum absolute atomic E-state index is 13.3. The highest BCUT2D eigenvalue weighted by molar-refractivity contribution is 7.99. The van der Waals surface area contributed by atoms with Crippen LogP contribution in [0, 0.1) is 13.8 Å². The number of hydrogen-bond acceptors (Lipinski definition) is 6. The lowest BCUT2D eigenvalue weighted by molar-refractivity contribution is -0.118. The first-order valence-electron chi connectivity index (χ1n) is 11.6. The molecule has 1 aromatic heterocycles. The second kappa shape index (κ2) is 13.9. The lowest BCUT2D eigenvalue weighted by Gasteiger charge is -2.24. The van der Waals surface area contributed by atoms with Crippen molar-refractivity contribution in [3.8, 4) is 5.75 Å². The fourth-order valence-corrected chi connectivity index (χ4v) is 5.84. The van der Waals surface area contributed by atoms with Crippen LogP contribution in [0.3, 0.4) is 0 Å². The van der Waals surface area contributed by atoms with Gasteiger partial charge in [-0.1, -0.05) is 31.3 Å². The number of anilines is 1. The number of carbonyl (C=O) groups is 1. The smallest absolute Gasteiger partial charge is 0.228 e.